The van der Waals surface area contributed by atoms with Crippen LogP contribution in [0.3, 0.4) is 0 Å². The minimum Gasteiger partial charge on any atom is -0.423 e. The molecule has 0 radical (unpaired) electrons. The number of nitrogens with zero attached hydrogens (tertiary/aromatic N) is 1. The average Bonchev–Trinajstić information content (AvgIpc) is 3.03. The fourth-order valence-electron chi connectivity index (χ4n) is 2.80. The van der Waals surface area contributed by atoms with Crippen molar-refractivity contribution in [3.8, 4) is 5.75 Å². The molecule has 1 amide bonds. The number of thiocarbonyl (C=S) groups is 1. The van der Waals surface area contributed by atoms with E-state index in [4.69, 9.17) is 28.6 Å². The zero-order valence-electron chi connectivity index (χ0n) is 15.4. The Labute approximate surface area is 188 Å². The number of halogens is 1. The van der Waals surface area contributed by atoms with E-state index in [0.717, 1.165) is 23.0 Å². The first-order valence-electron chi connectivity index (χ1n) is 8.92. The number of ether oxygens (including phenoxy) is 1. The summed E-state index contributed by atoms with van der Waals surface area (Å²) in [5.41, 5.74) is 2.00. The van der Waals surface area contributed by atoms with Gasteiger partial charge in [-0.15, -0.1) is 0 Å². The molecule has 0 bridgehead atoms. The highest BCUT2D eigenvalue weighted by atomic mass is 35.5. The molecule has 0 spiro atoms. The maximum absolute atomic E-state index is 12.4. The second-order valence-electron chi connectivity index (χ2n) is 6.32. The second kappa shape index (κ2) is 8.83. The van der Waals surface area contributed by atoms with E-state index in [0.29, 0.717) is 26.2 Å². The van der Waals surface area contributed by atoms with Gasteiger partial charge in [0.05, 0.1) is 16.2 Å². The molecule has 1 aliphatic rings. The first-order chi connectivity index (χ1) is 14.5. The fraction of sp³-hybridized carbons (Fsp3) is 0. The number of amides is 1. The lowest BCUT2D eigenvalue weighted by Gasteiger charge is -2.14. The van der Waals surface area contributed by atoms with Crippen LogP contribution in [0.25, 0.3) is 6.08 Å². The lowest BCUT2D eigenvalue weighted by atomic mass is 10.2. The standard InChI is InChI=1S/C23H14ClNO3S2/c24-17-10-8-16(9-11-17)22(26)28-19-12-6-15(7-13-19)14-20-21(29)25(23(27)30-20)18-4-2-1-3-5-18/h1-14H/b20-14+. The van der Waals surface area contributed by atoms with E-state index in [1.165, 1.54) is 4.90 Å². The molecule has 3 aromatic carbocycles. The van der Waals surface area contributed by atoms with Gasteiger partial charge in [-0.3, -0.25) is 9.69 Å². The first kappa shape index (κ1) is 20.3. The highest BCUT2D eigenvalue weighted by Crippen LogP contribution is 2.36. The number of carbonyl (C=O) groups is 2. The van der Waals surface area contributed by atoms with E-state index < -0.39 is 5.97 Å². The summed E-state index contributed by atoms with van der Waals surface area (Å²) in [5.74, 6) is -0.0462. The SMILES string of the molecule is O=C(Oc1ccc(/C=C2/SC(=O)N(c3ccccc3)C2=S)cc1)c1ccc(Cl)cc1. The first-order valence-corrected chi connectivity index (χ1v) is 10.5. The zero-order chi connectivity index (χ0) is 21.1. The Bertz CT molecular complexity index is 1140. The van der Waals surface area contributed by atoms with Gasteiger partial charge >= 0.3 is 5.97 Å². The zero-order valence-corrected chi connectivity index (χ0v) is 17.8. The van der Waals surface area contributed by atoms with Gasteiger partial charge in [0.25, 0.3) is 5.24 Å². The Morgan fingerprint density at radius 3 is 2.30 bits per heavy atom. The largest absolute Gasteiger partial charge is 0.423 e. The third-order valence-corrected chi connectivity index (χ3v) is 5.95. The van der Waals surface area contributed by atoms with Crippen molar-refractivity contribution >= 4 is 63.5 Å². The predicted molar refractivity (Wildman–Crippen MR) is 125 cm³/mol. The van der Waals surface area contributed by atoms with Crippen LogP contribution in [0.2, 0.25) is 5.02 Å². The Hall–Kier alpha value is -2.93. The summed E-state index contributed by atoms with van der Waals surface area (Å²) in [5, 5.41) is 0.418. The van der Waals surface area contributed by atoms with Crippen molar-refractivity contribution in [2.75, 3.05) is 4.90 Å². The van der Waals surface area contributed by atoms with Gasteiger partial charge in [0.1, 0.15) is 10.7 Å². The van der Waals surface area contributed by atoms with Gasteiger partial charge in [0.2, 0.25) is 0 Å². The van der Waals surface area contributed by atoms with Crippen molar-refractivity contribution in [2.24, 2.45) is 0 Å². The number of para-hydroxylation sites is 1. The minimum atomic E-state index is -0.464. The monoisotopic (exact) mass is 451 g/mol. The maximum Gasteiger partial charge on any atom is 0.343 e. The van der Waals surface area contributed by atoms with Crippen LogP contribution in [-0.4, -0.2) is 16.2 Å². The number of carbonyl (C=O) groups excluding carboxylic acids is 2. The van der Waals surface area contributed by atoms with Crippen LogP contribution in [0, 0.1) is 0 Å². The summed E-state index contributed by atoms with van der Waals surface area (Å²) >= 11 is 12.4. The van der Waals surface area contributed by atoms with E-state index >= 15 is 0 Å². The molecule has 1 fully saturated rings. The summed E-state index contributed by atoms with van der Waals surface area (Å²) in [7, 11) is 0. The number of anilines is 1. The highest BCUT2D eigenvalue weighted by molar-refractivity contribution is 8.20. The van der Waals surface area contributed by atoms with Crippen LogP contribution in [0.4, 0.5) is 10.5 Å². The number of hydrogen-bond acceptors (Lipinski definition) is 5. The lowest BCUT2D eigenvalue weighted by Crippen LogP contribution is -2.26. The van der Waals surface area contributed by atoms with Gasteiger partial charge in [-0.2, -0.15) is 0 Å². The summed E-state index contributed by atoms with van der Waals surface area (Å²) in [6.07, 6.45) is 1.85. The molecule has 3 aromatic rings. The van der Waals surface area contributed by atoms with Crippen LogP contribution in [0.5, 0.6) is 5.75 Å². The molecule has 4 nitrogen and oxygen atoms in total. The van der Waals surface area contributed by atoms with Gasteiger partial charge in [0.15, 0.2) is 0 Å². The van der Waals surface area contributed by atoms with E-state index in [9.17, 15) is 9.59 Å². The van der Waals surface area contributed by atoms with Crippen molar-refractivity contribution in [2.45, 2.75) is 0 Å². The molecule has 0 aromatic heterocycles. The summed E-state index contributed by atoms with van der Waals surface area (Å²) < 4.78 is 5.38. The topological polar surface area (TPSA) is 46.6 Å². The Kier molecular flexibility index (Phi) is 5.99. The van der Waals surface area contributed by atoms with Crippen LogP contribution in [0.1, 0.15) is 15.9 Å². The van der Waals surface area contributed by atoms with Gasteiger partial charge in [-0.1, -0.05) is 54.2 Å². The molecule has 1 heterocycles. The van der Waals surface area contributed by atoms with E-state index in [1.807, 2.05) is 36.4 Å². The predicted octanol–water partition coefficient (Wildman–Crippen LogP) is 6.60. The molecular formula is C23H14ClNO3S2. The highest BCUT2D eigenvalue weighted by Gasteiger charge is 2.32. The third kappa shape index (κ3) is 4.46. The molecule has 30 heavy (non-hydrogen) atoms. The molecule has 0 saturated carbocycles. The number of hydrogen-bond donors (Lipinski definition) is 0. The van der Waals surface area contributed by atoms with Crippen molar-refractivity contribution in [3.05, 3.63) is 99.9 Å². The van der Waals surface area contributed by atoms with Gasteiger partial charge in [0, 0.05) is 5.02 Å². The number of esters is 1. The van der Waals surface area contributed by atoms with Crippen LogP contribution in [0.15, 0.2) is 83.8 Å². The maximum atomic E-state index is 12.4. The fourth-order valence-corrected chi connectivity index (χ4v) is 4.21. The van der Waals surface area contributed by atoms with Crippen LogP contribution >= 0.6 is 35.6 Å². The Morgan fingerprint density at radius 1 is 0.967 bits per heavy atom. The number of rotatable bonds is 4. The summed E-state index contributed by atoms with van der Waals surface area (Å²) in [6.45, 7) is 0. The lowest BCUT2D eigenvalue weighted by molar-refractivity contribution is 0.0734. The van der Waals surface area contributed by atoms with Crippen molar-refractivity contribution in [3.63, 3.8) is 0 Å². The average molecular weight is 452 g/mol. The molecule has 148 valence electrons. The van der Waals surface area contributed by atoms with Gasteiger partial charge in [-0.05, 0) is 71.9 Å². The minimum absolute atomic E-state index is 0.133. The summed E-state index contributed by atoms with van der Waals surface area (Å²) in [4.78, 5) is 27.3. The summed E-state index contributed by atoms with van der Waals surface area (Å²) in [6, 6.07) is 22.8. The van der Waals surface area contributed by atoms with Crippen LogP contribution < -0.4 is 9.64 Å². The van der Waals surface area contributed by atoms with E-state index in [2.05, 4.69) is 0 Å². The second-order valence-corrected chi connectivity index (χ2v) is 8.13. The molecule has 1 saturated heterocycles. The van der Waals surface area contributed by atoms with Crippen molar-refractivity contribution < 1.29 is 14.3 Å². The Morgan fingerprint density at radius 2 is 1.63 bits per heavy atom. The van der Waals surface area contributed by atoms with Gasteiger partial charge in [-0.25, -0.2) is 4.79 Å². The van der Waals surface area contributed by atoms with E-state index in [1.54, 1.807) is 48.5 Å². The number of thioether (sulfide) groups is 1. The molecular weight excluding hydrogens is 438 g/mol. The Balaban J connectivity index is 1.47. The van der Waals surface area contributed by atoms with Crippen molar-refractivity contribution in [1.29, 1.82) is 0 Å². The smallest absolute Gasteiger partial charge is 0.343 e. The molecule has 7 heteroatoms. The molecule has 1 aliphatic heterocycles. The molecule has 4 rings (SSSR count). The molecule has 0 atom stereocenters. The van der Waals surface area contributed by atoms with Gasteiger partial charge < -0.3 is 4.74 Å². The molecule has 0 aliphatic carbocycles. The molecule has 0 unspecified atom stereocenters. The van der Waals surface area contributed by atoms with Crippen molar-refractivity contribution in [1.82, 2.24) is 0 Å². The number of benzene rings is 3. The quantitative estimate of drug-likeness (QED) is 0.193. The third-order valence-electron chi connectivity index (χ3n) is 4.28. The van der Waals surface area contributed by atoms with Crippen LogP contribution in [-0.2, 0) is 0 Å². The van der Waals surface area contributed by atoms with E-state index in [-0.39, 0.29) is 5.24 Å². The normalized spacial score (nSPS) is 15.0. The molecule has 0 N–H and O–H groups in total.